The van der Waals surface area contributed by atoms with Gasteiger partial charge < -0.3 is 19.6 Å². The van der Waals surface area contributed by atoms with E-state index in [0.717, 1.165) is 29.4 Å². The van der Waals surface area contributed by atoms with Crippen molar-refractivity contribution in [1.82, 2.24) is 15.2 Å². The smallest absolute Gasteiger partial charge is 0.289 e. The number of nitrogens with one attached hydrogen (secondary N) is 2. The van der Waals surface area contributed by atoms with Crippen molar-refractivity contribution in [2.24, 2.45) is 0 Å². The van der Waals surface area contributed by atoms with Gasteiger partial charge in [0.25, 0.3) is 11.8 Å². The summed E-state index contributed by atoms with van der Waals surface area (Å²) in [6.45, 7) is 5.31. The van der Waals surface area contributed by atoms with Crippen LogP contribution in [0.25, 0.3) is 10.9 Å². The molecule has 0 bridgehead atoms. The molecule has 6 nitrogen and oxygen atoms in total. The van der Waals surface area contributed by atoms with Gasteiger partial charge in [-0.05, 0) is 62.6 Å². The summed E-state index contributed by atoms with van der Waals surface area (Å²) in [5.74, 6) is 0.211. The standard InChI is InChI=1S/C21H23N3O3/c1-13-14(2)22-18-6-5-15(12-17(13)18)20(25)23-16-7-9-24(10-8-16)21(26)19-4-3-11-27-19/h3-6,11-12,16,22H,7-10H2,1-2H3,(H,23,25). The molecule has 0 unspecified atom stereocenters. The number of furan rings is 1. The third-order valence-electron chi connectivity index (χ3n) is 5.42. The fraction of sp³-hybridized carbons (Fsp3) is 0.333. The highest BCUT2D eigenvalue weighted by molar-refractivity contribution is 5.99. The summed E-state index contributed by atoms with van der Waals surface area (Å²) in [5.41, 5.74) is 4.01. The number of aryl methyl sites for hydroxylation is 2. The molecule has 1 saturated heterocycles. The van der Waals surface area contributed by atoms with Crippen LogP contribution in [0.2, 0.25) is 0 Å². The summed E-state index contributed by atoms with van der Waals surface area (Å²) in [6.07, 6.45) is 2.98. The summed E-state index contributed by atoms with van der Waals surface area (Å²) < 4.78 is 5.18. The van der Waals surface area contributed by atoms with Gasteiger partial charge in [-0.15, -0.1) is 0 Å². The van der Waals surface area contributed by atoms with Gasteiger partial charge in [0.15, 0.2) is 5.76 Å². The number of carbonyl (C=O) groups is 2. The number of hydrogen-bond acceptors (Lipinski definition) is 3. The van der Waals surface area contributed by atoms with Crippen LogP contribution >= 0.6 is 0 Å². The minimum absolute atomic E-state index is 0.0639. The normalized spacial score (nSPS) is 15.3. The molecule has 1 aliphatic rings. The van der Waals surface area contributed by atoms with Crippen LogP contribution in [0.3, 0.4) is 0 Å². The van der Waals surface area contributed by atoms with E-state index in [4.69, 9.17) is 4.42 Å². The molecule has 2 N–H and O–H groups in total. The first-order chi connectivity index (χ1) is 13.0. The van der Waals surface area contributed by atoms with E-state index < -0.39 is 0 Å². The predicted molar refractivity (Wildman–Crippen MR) is 103 cm³/mol. The summed E-state index contributed by atoms with van der Waals surface area (Å²) in [4.78, 5) is 30.1. The lowest BCUT2D eigenvalue weighted by atomic mass is 10.0. The van der Waals surface area contributed by atoms with E-state index in [2.05, 4.69) is 17.2 Å². The van der Waals surface area contributed by atoms with E-state index >= 15 is 0 Å². The Bertz CT molecular complexity index is 980. The van der Waals surface area contributed by atoms with Crippen molar-refractivity contribution in [3.8, 4) is 0 Å². The number of nitrogens with zero attached hydrogens (tertiary/aromatic N) is 1. The number of hydrogen-bond donors (Lipinski definition) is 2. The third-order valence-corrected chi connectivity index (χ3v) is 5.42. The molecule has 0 radical (unpaired) electrons. The second kappa shape index (κ2) is 6.95. The van der Waals surface area contributed by atoms with Crippen molar-refractivity contribution >= 4 is 22.7 Å². The topological polar surface area (TPSA) is 78.3 Å². The largest absolute Gasteiger partial charge is 0.459 e. The first-order valence-electron chi connectivity index (χ1n) is 9.25. The molecule has 140 valence electrons. The molecule has 1 aromatic carbocycles. The Hall–Kier alpha value is -3.02. The zero-order valence-electron chi connectivity index (χ0n) is 15.5. The van der Waals surface area contributed by atoms with Crippen LogP contribution in [0.5, 0.6) is 0 Å². The molecule has 0 atom stereocenters. The highest BCUT2D eigenvalue weighted by Crippen LogP contribution is 2.23. The second-order valence-corrected chi connectivity index (χ2v) is 7.15. The molecule has 2 aromatic heterocycles. The Labute approximate surface area is 157 Å². The quantitative estimate of drug-likeness (QED) is 0.747. The van der Waals surface area contributed by atoms with Crippen LogP contribution in [-0.2, 0) is 0 Å². The van der Waals surface area contributed by atoms with Crippen molar-refractivity contribution in [1.29, 1.82) is 0 Å². The molecule has 0 saturated carbocycles. The second-order valence-electron chi connectivity index (χ2n) is 7.15. The number of piperidine rings is 1. The molecule has 0 spiro atoms. The average Bonchev–Trinajstić information content (AvgIpc) is 3.31. The van der Waals surface area contributed by atoms with Crippen molar-refractivity contribution < 1.29 is 14.0 Å². The lowest BCUT2D eigenvalue weighted by molar-refractivity contribution is 0.0667. The molecule has 1 fully saturated rings. The fourth-order valence-corrected chi connectivity index (χ4v) is 3.65. The lowest BCUT2D eigenvalue weighted by Gasteiger charge is -2.31. The van der Waals surface area contributed by atoms with Crippen LogP contribution in [0.1, 0.15) is 45.0 Å². The Kier molecular flexibility index (Phi) is 4.48. The molecule has 27 heavy (non-hydrogen) atoms. The van der Waals surface area contributed by atoms with Crippen molar-refractivity contribution in [3.05, 3.63) is 59.2 Å². The number of rotatable bonds is 3. The summed E-state index contributed by atoms with van der Waals surface area (Å²) in [7, 11) is 0. The van der Waals surface area contributed by atoms with E-state index in [1.165, 1.54) is 11.8 Å². The summed E-state index contributed by atoms with van der Waals surface area (Å²) >= 11 is 0. The van der Waals surface area contributed by atoms with E-state index in [-0.39, 0.29) is 17.9 Å². The monoisotopic (exact) mass is 365 g/mol. The fourth-order valence-electron chi connectivity index (χ4n) is 3.65. The van der Waals surface area contributed by atoms with E-state index in [1.54, 1.807) is 17.0 Å². The van der Waals surface area contributed by atoms with Crippen LogP contribution in [0, 0.1) is 13.8 Å². The number of fused-ring (bicyclic) bond motifs is 1. The van der Waals surface area contributed by atoms with Gasteiger partial charge in [0.05, 0.1) is 6.26 Å². The zero-order chi connectivity index (χ0) is 19.0. The number of aromatic nitrogens is 1. The molecule has 4 rings (SSSR count). The van der Waals surface area contributed by atoms with Crippen molar-refractivity contribution in [2.45, 2.75) is 32.7 Å². The maximum absolute atomic E-state index is 12.7. The van der Waals surface area contributed by atoms with Crippen LogP contribution in [0.15, 0.2) is 41.0 Å². The SMILES string of the molecule is Cc1[nH]c2ccc(C(=O)NC3CCN(C(=O)c4ccco4)CC3)cc2c1C. The minimum atomic E-state index is -0.0893. The summed E-state index contributed by atoms with van der Waals surface area (Å²) in [6, 6.07) is 9.21. The molecule has 1 aliphatic heterocycles. The number of likely N-dealkylation sites (tertiary alicyclic amines) is 1. The van der Waals surface area contributed by atoms with E-state index in [0.29, 0.717) is 24.4 Å². The highest BCUT2D eigenvalue weighted by atomic mass is 16.3. The third kappa shape index (κ3) is 3.35. The molecular formula is C21H23N3O3. The number of carbonyl (C=O) groups excluding carboxylic acids is 2. The Morgan fingerprint density at radius 2 is 1.96 bits per heavy atom. The zero-order valence-corrected chi connectivity index (χ0v) is 15.5. The van der Waals surface area contributed by atoms with Gasteiger partial charge in [0.1, 0.15) is 0 Å². The van der Waals surface area contributed by atoms with Gasteiger partial charge in [0.2, 0.25) is 0 Å². The van der Waals surface area contributed by atoms with Crippen LogP contribution < -0.4 is 5.32 Å². The first-order valence-corrected chi connectivity index (χ1v) is 9.25. The van der Waals surface area contributed by atoms with Gasteiger partial charge in [0, 0.05) is 41.3 Å². The van der Waals surface area contributed by atoms with E-state index in [1.807, 2.05) is 25.1 Å². The van der Waals surface area contributed by atoms with Gasteiger partial charge in [-0.25, -0.2) is 0 Å². The Balaban J connectivity index is 1.38. The van der Waals surface area contributed by atoms with Crippen molar-refractivity contribution in [2.75, 3.05) is 13.1 Å². The average molecular weight is 365 g/mol. The predicted octanol–water partition coefficient (Wildman–Crippen LogP) is 3.41. The molecule has 2 amide bonds. The van der Waals surface area contributed by atoms with Crippen LogP contribution in [-0.4, -0.2) is 40.8 Å². The van der Waals surface area contributed by atoms with Gasteiger partial charge in [-0.3, -0.25) is 9.59 Å². The van der Waals surface area contributed by atoms with Gasteiger partial charge in [-0.1, -0.05) is 0 Å². The van der Waals surface area contributed by atoms with Gasteiger partial charge in [-0.2, -0.15) is 0 Å². The van der Waals surface area contributed by atoms with Gasteiger partial charge >= 0.3 is 0 Å². The molecular weight excluding hydrogens is 342 g/mol. The molecule has 3 heterocycles. The number of benzene rings is 1. The Morgan fingerprint density at radius 3 is 2.67 bits per heavy atom. The maximum Gasteiger partial charge on any atom is 0.289 e. The highest BCUT2D eigenvalue weighted by Gasteiger charge is 2.26. The van der Waals surface area contributed by atoms with Crippen molar-refractivity contribution in [3.63, 3.8) is 0 Å². The number of H-pyrrole nitrogens is 1. The Morgan fingerprint density at radius 1 is 1.19 bits per heavy atom. The maximum atomic E-state index is 12.7. The molecule has 6 heteroatoms. The number of amides is 2. The van der Waals surface area contributed by atoms with Crippen LogP contribution in [0.4, 0.5) is 0 Å². The first kappa shape index (κ1) is 17.4. The van der Waals surface area contributed by atoms with E-state index in [9.17, 15) is 9.59 Å². The molecule has 0 aliphatic carbocycles. The lowest BCUT2D eigenvalue weighted by Crippen LogP contribution is -2.46. The molecule has 3 aromatic rings. The number of aromatic amines is 1. The minimum Gasteiger partial charge on any atom is -0.459 e. The summed E-state index contributed by atoms with van der Waals surface area (Å²) in [5, 5.41) is 4.19.